The first kappa shape index (κ1) is 16.3. The maximum absolute atomic E-state index is 11.5. The maximum atomic E-state index is 11.5. The summed E-state index contributed by atoms with van der Waals surface area (Å²) in [4.78, 5) is 11.5. The Bertz CT molecular complexity index is 773. The Kier molecular flexibility index (Phi) is 4.64. The van der Waals surface area contributed by atoms with Crippen molar-refractivity contribution in [2.45, 2.75) is 12.3 Å². The van der Waals surface area contributed by atoms with Crippen molar-refractivity contribution in [3.8, 4) is 11.5 Å². The van der Waals surface area contributed by atoms with Crippen LogP contribution in [0.1, 0.15) is 33.8 Å². The Hall–Kier alpha value is -1.53. The molecule has 1 atom stereocenters. The highest BCUT2D eigenvalue weighted by Gasteiger charge is 2.30. The first-order valence-corrected chi connectivity index (χ1v) is 8.64. The number of halogens is 2. The number of benzene rings is 2. The summed E-state index contributed by atoms with van der Waals surface area (Å²) in [5, 5.41) is 9.47. The zero-order valence-electron chi connectivity index (χ0n) is 12.3. The van der Waals surface area contributed by atoms with Crippen LogP contribution in [-0.2, 0) is 0 Å². The highest BCUT2D eigenvalue weighted by atomic mass is 79.9. The molecule has 1 unspecified atom stereocenters. The first-order valence-electron chi connectivity index (χ1n) is 7.05. The molecule has 3 rings (SSSR count). The minimum atomic E-state index is -0.916. The first-order chi connectivity index (χ1) is 11.0. The number of hydrogen-bond acceptors (Lipinski definition) is 3. The molecule has 1 N–H and O–H groups in total. The smallest absolute Gasteiger partial charge is 0.335 e. The van der Waals surface area contributed by atoms with Gasteiger partial charge in [-0.25, -0.2) is 4.79 Å². The van der Waals surface area contributed by atoms with Crippen LogP contribution in [0.25, 0.3) is 0 Å². The van der Waals surface area contributed by atoms with E-state index in [0.717, 1.165) is 26.5 Å². The number of fused-ring (bicyclic) bond motifs is 1. The van der Waals surface area contributed by atoms with E-state index < -0.39 is 5.97 Å². The van der Waals surface area contributed by atoms with Gasteiger partial charge in [0, 0.05) is 11.5 Å². The molecule has 0 aliphatic carbocycles. The van der Waals surface area contributed by atoms with E-state index in [1.165, 1.54) is 0 Å². The number of carboxylic acid groups (broad SMARTS) is 1. The number of hydrogen-bond donors (Lipinski definition) is 1. The minimum absolute atomic E-state index is 0.0374. The van der Waals surface area contributed by atoms with Gasteiger partial charge in [-0.2, -0.15) is 0 Å². The third-order valence-corrected chi connectivity index (χ3v) is 5.27. The summed E-state index contributed by atoms with van der Waals surface area (Å²) in [5.41, 5.74) is 2.08. The predicted molar refractivity (Wildman–Crippen MR) is 93.8 cm³/mol. The van der Waals surface area contributed by atoms with Crippen LogP contribution in [0.5, 0.6) is 11.5 Å². The van der Waals surface area contributed by atoms with Gasteiger partial charge in [-0.1, -0.05) is 18.2 Å². The summed E-state index contributed by atoms with van der Waals surface area (Å²) < 4.78 is 12.7. The highest BCUT2D eigenvalue weighted by Crippen LogP contribution is 2.49. The summed E-state index contributed by atoms with van der Waals surface area (Å²) in [7, 11) is 1.59. The summed E-state index contributed by atoms with van der Waals surface area (Å²) in [6, 6.07) is 9.06. The molecule has 0 saturated carbocycles. The van der Waals surface area contributed by atoms with E-state index in [1.807, 2.05) is 18.2 Å². The van der Waals surface area contributed by atoms with Crippen LogP contribution in [0.4, 0.5) is 0 Å². The van der Waals surface area contributed by atoms with Crippen LogP contribution < -0.4 is 9.47 Å². The van der Waals surface area contributed by atoms with E-state index in [0.29, 0.717) is 23.7 Å². The second-order valence-corrected chi connectivity index (χ2v) is 6.85. The van der Waals surface area contributed by atoms with Gasteiger partial charge in [0.25, 0.3) is 0 Å². The molecular formula is C17H14Br2O4. The highest BCUT2D eigenvalue weighted by molar-refractivity contribution is 9.11. The van der Waals surface area contributed by atoms with Crippen molar-refractivity contribution in [3.63, 3.8) is 0 Å². The molecule has 0 bridgehead atoms. The second-order valence-electron chi connectivity index (χ2n) is 5.21. The Morgan fingerprint density at radius 3 is 2.74 bits per heavy atom. The normalized spacial score (nSPS) is 16.4. The molecule has 23 heavy (non-hydrogen) atoms. The summed E-state index contributed by atoms with van der Waals surface area (Å²) in [6.07, 6.45) is 0.725. The molecule has 0 spiro atoms. The molecule has 1 heterocycles. The Morgan fingerprint density at radius 1 is 1.30 bits per heavy atom. The Morgan fingerprint density at radius 2 is 2.04 bits per heavy atom. The molecule has 1 aliphatic rings. The zero-order chi connectivity index (χ0) is 16.6. The summed E-state index contributed by atoms with van der Waals surface area (Å²) in [6.45, 7) is 0.523. The van der Waals surface area contributed by atoms with Crippen LogP contribution in [0, 0.1) is 0 Å². The van der Waals surface area contributed by atoms with E-state index in [-0.39, 0.29) is 5.92 Å². The fourth-order valence-electron chi connectivity index (χ4n) is 2.95. The molecule has 120 valence electrons. The fourth-order valence-corrected chi connectivity index (χ4v) is 4.54. The molecule has 6 heteroatoms. The average molecular weight is 442 g/mol. The molecule has 1 aliphatic heterocycles. The van der Waals surface area contributed by atoms with Crippen LogP contribution in [0.3, 0.4) is 0 Å². The van der Waals surface area contributed by atoms with E-state index in [1.54, 1.807) is 19.2 Å². The molecule has 2 aromatic rings. The Labute approximate surface area is 150 Å². The Balaban J connectivity index is 2.19. The van der Waals surface area contributed by atoms with Gasteiger partial charge in [0.05, 0.1) is 23.8 Å². The number of aromatic carboxylic acids is 1. The van der Waals surface area contributed by atoms with Gasteiger partial charge in [-0.3, -0.25) is 0 Å². The van der Waals surface area contributed by atoms with Crippen molar-refractivity contribution in [2.24, 2.45) is 0 Å². The topological polar surface area (TPSA) is 55.8 Å². The summed E-state index contributed by atoms with van der Waals surface area (Å²) in [5.74, 6) is 0.419. The number of carboxylic acids is 1. The van der Waals surface area contributed by atoms with Crippen LogP contribution in [0.15, 0.2) is 39.3 Å². The lowest BCUT2D eigenvalue weighted by Crippen LogP contribution is -2.18. The van der Waals surface area contributed by atoms with E-state index >= 15 is 0 Å². The average Bonchev–Trinajstić information content (AvgIpc) is 2.55. The van der Waals surface area contributed by atoms with Crippen molar-refractivity contribution in [1.29, 1.82) is 0 Å². The van der Waals surface area contributed by atoms with Gasteiger partial charge in [0.1, 0.15) is 10.2 Å². The molecule has 0 saturated heterocycles. The number of methoxy groups -OCH3 is 1. The molecule has 0 aromatic heterocycles. The lowest BCUT2D eigenvalue weighted by molar-refractivity contribution is 0.0695. The largest absolute Gasteiger partial charge is 0.494 e. The molecule has 0 radical (unpaired) electrons. The fraction of sp³-hybridized carbons (Fsp3) is 0.235. The summed E-state index contributed by atoms with van der Waals surface area (Å²) >= 11 is 7.04. The maximum Gasteiger partial charge on any atom is 0.335 e. The lowest BCUT2D eigenvalue weighted by atomic mass is 9.84. The zero-order valence-corrected chi connectivity index (χ0v) is 15.5. The molecule has 0 amide bonds. The third kappa shape index (κ3) is 2.85. The van der Waals surface area contributed by atoms with Gasteiger partial charge in [0.2, 0.25) is 0 Å². The third-order valence-electron chi connectivity index (χ3n) is 3.96. The second kappa shape index (κ2) is 6.53. The van der Waals surface area contributed by atoms with Crippen molar-refractivity contribution in [1.82, 2.24) is 0 Å². The molecular weight excluding hydrogens is 428 g/mol. The van der Waals surface area contributed by atoms with Crippen molar-refractivity contribution in [3.05, 3.63) is 56.0 Å². The van der Waals surface area contributed by atoms with Crippen LogP contribution >= 0.6 is 31.9 Å². The van der Waals surface area contributed by atoms with Gasteiger partial charge < -0.3 is 14.6 Å². The van der Waals surface area contributed by atoms with Gasteiger partial charge in [-0.15, -0.1) is 0 Å². The molecule has 0 fully saturated rings. The monoisotopic (exact) mass is 440 g/mol. The number of carbonyl (C=O) groups is 1. The van der Waals surface area contributed by atoms with Crippen LogP contribution in [0.2, 0.25) is 0 Å². The van der Waals surface area contributed by atoms with Gasteiger partial charge >= 0.3 is 5.97 Å². The molecule has 2 aromatic carbocycles. The number of rotatable bonds is 3. The van der Waals surface area contributed by atoms with Crippen molar-refractivity contribution < 1.29 is 19.4 Å². The van der Waals surface area contributed by atoms with Gasteiger partial charge in [-0.05, 0) is 56.0 Å². The van der Waals surface area contributed by atoms with Crippen LogP contribution in [-0.4, -0.2) is 24.8 Å². The van der Waals surface area contributed by atoms with Gasteiger partial charge in [0.15, 0.2) is 5.75 Å². The van der Waals surface area contributed by atoms with E-state index in [9.17, 15) is 9.90 Å². The number of ether oxygens (including phenoxy) is 2. The SMILES string of the molecule is COc1c(Br)cc2c(c1Br)OCCC2c1ccccc1C(=O)O. The van der Waals surface area contributed by atoms with E-state index in [4.69, 9.17) is 9.47 Å². The minimum Gasteiger partial charge on any atom is -0.494 e. The van der Waals surface area contributed by atoms with E-state index in [2.05, 4.69) is 31.9 Å². The quantitative estimate of drug-likeness (QED) is 0.740. The van der Waals surface area contributed by atoms with Crippen molar-refractivity contribution >= 4 is 37.8 Å². The standard InChI is InChI=1S/C17H14Br2O4/c1-22-16-13(18)8-12-10(6-7-23-15(12)14(16)19)9-4-2-3-5-11(9)17(20)21/h2-5,8,10H,6-7H2,1H3,(H,20,21). The predicted octanol–water partition coefficient (Wildman–Crippen LogP) is 4.83. The lowest BCUT2D eigenvalue weighted by Gasteiger charge is -2.29. The molecule has 4 nitrogen and oxygen atoms in total. The van der Waals surface area contributed by atoms with Crippen molar-refractivity contribution in [2.75, 3.05) is 13.7 Å².